The molecule has 0 aliphatic heterocycles. The predicted octanol–water partition coefficient (Wildman–Crippen LogP) is 2.77. The molecule has 0 heterocycles. The van der Waals surface area contributed by atoms with E-state index in [1.54, 1.807) is 18.2 Å². The Morgan fingerprint density at radius 3 is 2.60 bits per heavy atom. The fourth-order valence-corrected chi connectivity index (χ4v) is 2.57. The van der Waals surface area contributed by atoms with Gasteiger partial charge in [-0.15, -0.1) is 0 Å². The van der Waals surface area contributed by atoms with Crippen LogP contribution in [0.3, 0.4) is 0 Å². The summed E-state index contributed by atoms with van der Waals surface area (Å²) in [5.74, 6) is 0.989. The van der Waals surface area contributed by atoms with Gasteiger partial charge in [0.05, 0.1) is 18.2 Å². The lowest BCUT2D eigenvalue weighted by molar-refractivity contribution is 0.309. The summed E-state index contributed by atoms with van der Waals surface area (Å²) in [6, 6.07) is 4.95. The number of benzene rings is 1. The van der Waals surface area contributed by atoms with Crippen LogP contribution >= 0.6 is 15.9 Å². The summed E-state index contributed by atoms with van der Waals surface area (Å²) < 4.78 is 34.1. The molecule has 0 unspecified atom stereocenters. The Morgan fingerprint density at radius 1 is 1.50 bits per heavy atom. The highest BCUT2D eigenvalue weighted by Gasteiger charge is 2.14. The van der Waals surface area contributed by atoms with Crippen molar-refractivity contribution in [3.05, 3.63) is 27.1 Å². The van der Waals surface area contributed by atoms with Gasteiger partial charge >= 0.3 is 0 Å². The third-order valence-corrected chi connectivity index (χ3v) is 3.94. The van der Waals surface area contributed by atoms with Crippen molar-refractivity contribution < 1.29 is 17.9 Å². The number of hydrogen-bond acceptors (Lipinski definition) is 5. The standard InChI is InChI=1S/C13H14BrNO4S/c1-4-19-13-11(14)6-9(7-12(13)18-2)5-10(8-15)20(3,16)17/h5-7H,4H2,1-3H3/b10-5+. The molecule has 0 aromatic heterocycles. The zero-order valence-corrected chi connectivity index (χ0v) is 13.7. The molecule has 0 fully saturated rings. The molecule has 0 N–H and O–H groups in total. The van der Waals surface area contributed by atoms with Crippen LogP contribution in [0.4, 0.5) is 0 Å². The minimum atomic E-state index is -3.55. The first-order chi connectivity index (χ1) is 9.33. The van der Waals surface area contributed by atoms with Gasteiger partial charge in [0.25, 0.3) is 0 Å². The van der Waals surface area contributed by atoms with Crippen LogP contribution in [0.15, 0.2) is 21.5 Å². The molecule has 1 aromatic carbocycles. The maximum Gasteiger partial charge on any atom is 0.185 e. The summed E-state index contributed by atoms with van der Waals surface area (Å²) in [6.45, 7) is 2.31. The summed E-state index contributed by atoms with van der Waals surface area (Å²) in [5, 5.41) is 8.89. The number of ether oxygens (including phenoxy) is 2. The Balaban J connectivity index is 3.40. The molecule has 0 aliphatic carbocycles. The predicted molar refractivity (Wildman–Crippen MR) is 80.3 cm³/mol. The minimum absolute atomic E-state index is 0.310. The number of nitrogens with zero attached hydrogens (tertiary/aromatic N) is 1. The van der Waals surface area contributed by atoms with E-state index in [9.17, 15) is 8.42 Å². The van der Waals surface area contributed by atoms with Crippen molar-refractivity contribution in [2.75, 3.05) is 20.0 Å². The zero-order valence-electron chi connectivity index (χ0n) is 11.3. The van der Waals surface area contributed by atoms with Gasteiger partial charge in [-0.3, -0.25) is 0 Å². The van der Waals surface area contributed by atoms with Crippen LogP contribution in [0, 0.1) is 11.3 Å². The van der Waals surface area contributed by atoms with Crippen LogP contribution in [-0.4, -0.2) is 28.4 Å². The number of allylic oxidation sites excluding steroid dienone is 1. The van der Waals surface area contributed by atoms with E-state index in [1.807, 2.05) is 6.92 Å². The Labute approximate surface area is 126 Å². The monoisotopic (exact) mass is 359 g/mol. The van der Waals surface area contributed by atoms with Gasteiger partial charge in [-0.05, 0) is 46.6 Å². The van der Waals surface area contributed by atoms with Crippen molar-refractivity contribution in [2.45, 2.75) is 6.92 Å². The molecule has 1 aromatic rings. The van der Waals surface area contributed by atoms with E-state index in [1.165, 1.54) is 13.2 Å². The van der Waals surface area contributed by atoms with Crippen LogP contribution in [0.1, 0.15) is 12.5 Å². The van der Waals surface area contributed by atoms with Crippen molar-refractivity contribution in [1.29, 1.82) is 5.26 Å². The van der Waals surface area contributed by atoms with Crippen LogP contribution in [-0.2, 0) is 9.84 Å². The van der Waals surface area contributed by atoms with Gasteiger partial charge < -0.3 is 9.47 Å². The van der Waals surface area contributed by atoms with E-state index in [4.69, 9.17) is 14.7 Å². The highest BCUT2D eigenvalue weighted by molar-refractivity contribution is 9.10. The molecule has 0 saturated carbocycles. The maximum atomic E-state index is 11.4. The molecule has 0 saturated heterocycles. The van der Waals surface area contributed by atoms with Gasteiger partial charge in [0.1, 0.15) is 11.0 Å². The summed E-state index contributed by atoms with van der Waals surface area (Å²) in [6.07, 6.45) is 2.28. The second kappa shape index (κ2) is 6.77. The molecular weight excluding hydrogens is 346 g/mol. The number of halogens is 1. The second-order valence-electron chi connectivity index (χ2n) is 3.86. The Morgan fingerprint density at radius 2 is 2.15 bits per heavy atom. The lowest BCUT2D eigenvalue weighted by atomic mass is 10.2. The highest BCUT2D eigenvalue weighted by Crippen LogP contribution is 2.37. The molecule has 20 heavy (non-hydrogen) atoms. The van der Waals surface area contributed by atoms with Crippen LogP contribution in [0.25, 0.3) is 6.08 Å². The quantitative estimate of drug-likeness (QED) is 0.755. The van der Waals surface area contributed by atoms with Crippen LogP contribution in [0.5, 0.6) is 11.5 Å². The van der Waals surface area contributed by atoms with E-state index in [0.29, 0.717) is 28.1 Å². The average molecular weight is 360 g/mol. The van der Waals surface area contributed by atoms with Crippen LogP contribution in [0.2, 0.25) is 0 Å². The molecule has 0 radical (unpaired) electrons. The zero-order chi connectivity index (χ0) is 15.3. The first-order valence-electron chi connectivity index (χ1n) is 5.65. The number of methoxy groups -OCH3 is 1. The van der Waals surface area contributed by atoms with E-state index in [-0.39, 0.29) is 4.91 Å². The molecule has 108 valence electrons. The molecule has 0 bridgehead atoms. The number of hydrogen-bond donors (Lipinski definition) is 0. The largest absolute Gasteiger partial charge is 0.493 e. The lowest BCUT2D eigenvalue weighted by Gasteiger charge is -2.12. The molecule has 5 nitrogen and oxygen atoms in total. The van der Waals surface area contributed by atoms with Gasteiger partial charge in [-0.25, -0.2) is 8.42 Å². The van der Waals surface area contributed by atoms with Crippen molar-refractivity contribution >= 4 is 31.8 Å². The lowest BCUT2D eigenvalue weighted by Crippen LogP contribution is -1.99. The summed E-state index contributed by atoms with van der Waals surface area (Å²) in [4.78, 5) is -0.310. The van der Waals surface area contributed by atoms with Gasteiger partial charge in [-0.2, -0.15) is 5.26 Å². The summed E-state index contributed by atoms with van der Waals surface area (Å²) >= 11 is 3.34. The number of rotatable bonds is 5. The molecule has 0 atom stereocenters. The fraction of sp³-hybridized carbons (Fsp3) is 0.308. The Bertz CT molecular complexity index is 674. The van der Waals surface area contributed by atoms with Gasteiger partial charge in [-0.1, -0.05) is 0 Å². The van der Waals surface area contributed by atoms with Gasteiger partial charge in [0.15, 0.2) is 21.3 Å². The summed E-state index contributed by atoms with van der Waals surface area (Å²) in [5.41, 5.74) is 0.527. The fourth-order valence-electron chi connectivity index (χ4n) is 1.48. The summed E-state index contributed by atoms with van der Waals surface area (Å²) in [7, 11) is -2.07. The number of nitriles is 1. The van der Waals surface area contributed by atoms with Crippen LogP contribution < -0.4 is 9.47 Å². The molecule has 7 heteroatoms. The van der Waals surface area contributed by atoms with Crippen molar-refractivity contribution in [3.63, 3.8) is 0 Å². The van der Waals surface area contributed by atoms with Gasteiger partial charge in [0, 0.05) is 6.26 Å². The van der Waals surface area contributed by atoms with Crippen molar-refractivity contribution in [2.24, 2.45) is 0 Å². The minimum Gasteiger partial charge on any atom is -0.493 e. The highest BCUT2D eigenvalue weighted by atomic mass is 79.9. The van der Waals surface area contributed by atoms with E-state index in [0.717, 1.165) is 6.26 Å². The third kappa shape index (κ3) is 3.99. The molecule has 0 aliphatic rings. The van der Waals surface area contributed by atoms with Gasteiger partial charge in [0.2, 0.25) is 0 Å². The molecule has 0 spiro atoms. The SMILES string of the molecule is CCOc1c(Br)cc(/C=C(\C#N)S(C)(=O)=O)cc1OC. The normalized spacial score (nSPS) is 11.8. The van der Waals surface area contributed by atoms with E-state index in [2.05, 4.69) is 15.9 Å². The first kappa shape index (κ1) is 16.5. The van der Waals surface area contributed by atoms with Crippen molar-refractivity contribution in [1.82, 2.24) is 0 Å². The number of sulfone groups is 1. The molecular formula is C13H14BrNO4S. The second-order valence-corrected chi connectivity index (χ2v) is 6.70. The molecule has 1 rings (SSSR count). The smallest absolute Gasteiger partial charge is 0.185 e. The van der Waals surface area contributed by atoms with Crippen molar-refractivity contribution in [3.8, 4) is 17.6 Å². The topological polar surface area (TPSA) is 76.4 Å². The first-order valence-corrected chi connectivity index (χ1v) is 8.34. The third-order valence-electron chi connectivity index (χ3n) is 2.35. The van der Waals surface area contributed by atoms with E-state index < -0.39 is 9.84 Å². The Hall–Kier alpha value is -1.52. The molecule has 0 amide bonds. The van der Waals surface area contributed by atoms with E-state index >= 15 is 0 Å². The maximum absolute atomic E-state index is 11.4. The Kier molecular flexibility index (Phi) is 5.60. The average Bonchev–Trinajstić information content (AvgIpc) is 2.37.